The van der Waals surface area contributed by atoms with Crippen molar-refractivity contribution in [3.63, 3.8) is 0 Å². The van der Waals surface area contributed by atoms with Crippen LogP contribution in [0.5, 0.6) is 5.75 Å². The van der Waals surface area contributed by atoms with Gasteiger partial charge in [0.25, 0.3) is 0 Å². The van der Waals surface area contributed by atoms with Gasteiger partial charge in [-0.3, -0.25) is 0 Å². The molecule has 0 amide bonds. The molecule has 0 heterocycles. The van der Waals surface area contributed by atoms with Crippen molar-refractivity contribution in [1.29, 1.82) is 0 Å². The molecular formula is C33H61NO9. The molecule has 43 heavy (non-hydrogen) atoms. The van der Waals surface area contributed by atoms with E-state index in [9.17, 15) is 0 Å². The topological polar surface area (TPSA) is 109 Å². The molecule has 0 saturated heterocycles. The van der Waals surface area contributed by atoms with Gasteiger partial charge >= 0.3 is 0 Å². The fourth-order valence-corrected chi connectivity index (χ4v) is 3.98. The highest BCUT2D eigenvalue weighted by Crippen LogP contribution is 2.15. The molecule has 0 aliphatic carbocycles. The third-order valence-corrected chi connectivity index (χ3v) is 6.36. The number of rotatable bonds is 35. The van der Waals surface area contributed by atoms with Crippen LogP contribution in [0, 0.1) is 0 Å². The van der Waals surface area contributed by atoms with Gasteiger partial charge in [0.15, 0.2) is 0 Å². The molecule has 10 nitrogen and oxygen atoms in total. The fourth-order valence-electron chi connectivity index (χ4n) is 3.98. The van der Waals surface area contributed by atoms with Crippen molar-refractivity contribution in [2.24, 2.45) is 5.73 Å². The summed E-state index contributed by atoms with van der Waals surface area (Å²) in [5.41, 5.74) is 6.72. The fraction of sp³-hybridized carbons (Fsp3) is 0.818. The summed E-state index contributed by atoms with van der Waals surface area (Å²) in [7, 11) is 0. The van der Waals surface area contributed by atoms with Gasteiger partial charge in [-0.15, -0.1) is 0 Å². The minimum Gasteiger partial charge on any atom is -0.491 e. The van der Waals surface area contributed by atoms with Crippen molar-refractivity contribution in [1.82, 2.24) is 0 Å². The molecule has 0 atom stereocenters. The Kier molecular flexibility index (Phi) is 31.0. The van der Waals surface area contributed by atoms with Crippen molar-refractivity contribution >= 4 is 0 Å². The van der Waals surface area contributed by atoms with Gasteiger partial charge in [0.1, 0.15) is 12.4 Å². The number of unbranched alkanes of at least 4 members (excludes halogenated alkanes) is 6. The smallest absolute Gasteiger partial charge is 0.119 e. The Balaban J connectivity index is 1.73. The number of aryl methyl sites for hydroxylation is 1. The number of benzene rings is 1. The quantitative estimate of drug-likeness (QED) is 0.110. The van der Waals surface area contributed by atoms with E-state index in [2.05, 4.69) is 31.2 Å². The molecule has 0 saturated carbocycles. The molecule has 1 aromatic carbocycles. The lowest BCUT2D eigenvalue weighted by Crippen LogP contribution is -2.15. The van der Waals surface area contributed by atoms with E-state index in [1.807, 2.05) is 0 Å². The van der Waals surface area contributed by atoms with E-state index < -0.39 is 0 Å². The third kappa shape index (κ3) is 29.1. The third-order valence-electron chi connectivity index (χ3n) is 6.36. The molecule has 0 radical (unpaired) electrons. The standard InChI is InChI=1S/C33H61NO9/c1-2-3-4-5-6-7-8-9-32-10-12-33(13-11-32)43-31-30-42-29-28-41-27-26-40-25-24-39-23-22-38-21-20-37-19-18-36-17-16-35-15-14-34/h10-13H,2-9,14-31,34H2,1H3. The molecule has 0 spiro atoms. The first-order valence-corrected chi connectivity index (χ1v) is 16.4. The Morgan fingerprint density at radius 3 is 1.16 bits per heavy atom. The predicted octanol–water partition coefficient (Wildman–Crippen LogP) is 4.45. The maximum absolute atomic E-state index is 5.77. The SMILES string of the molecule is CCCCCCCCCc1ccc(OCCOCCOCCOCCOCCOCCOCCOCCOCCN)cc1. The Morgan fingerprint density at radius 1 is 0.419 bits per heavy atom. The van der Waals surface area contributed by atoms with Gasteiger partial charge in [0.05, 0.1) is 106 Å². The van der Waals surface area contributed by atoms with Crippen molar-refractivity contribution < 1.29 is 42.6 Å². The highest BCUT2D eigenvalue weighted by molar-refractivity contribution is 5.27. The Labute approximate surface area is 261 Å². The number of hydrogen-bond acceptors (Lipinski definition) is 10. The molecule has 10 heteroatoms. The first kappa shape index (κ1) is 39.7. The minimum atomic E-state index is 0.525. The number of ether oxygens (including phenoxy) is 9. The van der Waals surface area contributed by atoms with Crippen molar-refractivity contribution in [3.05, 3.63) is 29.8 Å². The molecule has 0 bridgehead atoms. The van der Waals surface area contributed by atoms with E-state index in [-0.39, 0.29) is 0 Å². The van der Waals surface area contributed by atoms with Crippen molar-refractivity contribution in [3.8, 4) is 5.75 Å². The van der Waals surface area contributed by atoms with Crippen molar-refractivity contribution in [2.45, 2.75) is 58.3 Å². The van der Waals surface area contributed by atoms with E-state index in [1.165, 1.54) is 50.5 Å². The van der Waals surface area contributed by atoms with Crippen LogP contribution in [0.4, 0.5) is 0 Å². The predicted molar refractivity (Wildman–Crippen MR) is 169 cm³/mol. The first-order chi connectivity index (χ1) is 21.4. The zero-order valence-corrected chi connectivity index (χ0v) is 26.9. The van der Waals surface area contributed by atoms with Crippen LogP contribution in [0.1, 0.15) is 57.4 Å². The lowest BCUT2D eigenvalue weighted by atomic mass is 10.0. The van der Waals surface area contributed by atoms with Crippen LogP contribution in [0.25, 0.3) is 0 Å². The highest BCUT2D eigenvalue weighted by atomic mass is 16.6. The monoisotopic (exact) mass is 615 g/mol. The molecule has 1 aromatic rings. The molecule has 0 aliphatic heterocycles. The van der Waals surface area contributed by atoms with E-state index in [0.29, 0.717) is 119 Å². The maximum atomic E-state index is 5.77. The first-order valence-electron chi connectivity index (χ1n) is 16.4. The van der Waals surface area contributed by atoms with Crippen molar-refractivity contribution in [2.75, 3.05) is 119 Å². The van der Waals surface area contributed by atoms with Crippen LogP contribution in [0.2, 0.25) is 0 Å². The van der Waals surface area contributed by atoms with Crippen LogP contribution in [0.15, 0.2) is 24.3 Å². The lowest BCUT2D eigenvalue weighted by Gasteiger charge is -2.09. The van der Waals surface area contributed by atoms with Gasteiger partial charge in [-0.2, -0.15) is 0 Å². The molecule has 0 aliphatic rings. The summed E-state index contributed by atoms with van der Waals surface area (Å²) in [6, 6.07) is 8.46. The Hall–Kier alpha value is -1.34. The Morgan fingerprint density at radius 2 is 0.767 bits per heavy atom. The number of nitrogens with two attached hydrogens (primary N) is 1. The van der Waals surface area contributed by atoms with E-state index in [0.717, 1.165) is 12.2 Å². The lowest BCUT2D eigenvalue weighted by molar-refractivity contribution is -0.0234. The van der Waals surface area contributed by atoms with Crippen LogP contribution in [-0.2, 0) is 44.3 Å². The molecule has 0 unspecified atom stereocenters. The van der Waals surface area contributed by atoms with Gasteiger partial charge in [-0.05, 0) is 30.5 Å². The summed E-state index contributed by atoms with van der Waals surface area (Å²) in [4.78, 5) is 0. The molecule has 0 aromatic heterocycles. The average Bonchev–Trinajstić information content (AvgIpc) is 3.03. The van der Waals surface area contributed by atoms with E-state index >= 15 is 0 Å². The van der Waals surface area contributed by atoms with Crippen LogP contribution < -0.4 is 10.5 Å². The zero-order chi connectivity index (χ0) is 30.7. The van der Waals surface area contributed by atoms with Gasteiger partial charge < -0.3 is 48.4 Å². The summed E-state index contributed by atoms with van der Waals surface area (Å²) in [6.07, 6.45) is 10.5. The van der Waals surface area contributed by atoms with Crippen LogP contribution >= 0.6 is 0 Å². The van der Waals surface area contributed by atoms with E-state index in [1.54, 1.807) is 0 Å². The second-order valence-electron chi connectivity index (χ2n) is 10.1. The minimum absolute atomic E-state index is 0.525. The average molecular weight is 616 g/mol. The maximum Gasteiger partial charge on any atom is 0.119 e. The second-order valence-corrected chi connectivity index (χ2v) is 10.1. The van der Waals surface area contributed by atoms with Gasteiger partial charge in [-0.1, -0.05) is 57.6 Å². The summed E-state index contributed by atoms with van der Waals surface area (Å²) < 4.78 is 49.3. The van der Waals surface area contributed by atoms with Gasteiger partial charge in [0, 0.05) is 6.54 Å². The van der Waals surface area contributed by atoms with Gasteiger partial charge in [0.2, 0.25) is 0 Å². The zero-order valence-electron chi connectivity index (χ0n) is 26.9. The highest BCUT2D eigenvalue weighted by Gasteiger charge is 1.99. The Bertz CT molecular complexity index is 666. The van der Waals surface area contributed by atoms with Crippen LogP contribution in [-0.4, -0.2) is 119 Å². The number of hydrogen-bond donors (Lipinski definition) is 1. The summed E-state index contributed by atoms with van der Waals surface area (Å²) in [5.74, 6) is 0.890. The molecule has 2 N–H and O–H groups in total. The van der Waals surface area contributed by atoms with Gasteiger partial charge in [-0.25, -0.2) is 0 Å². The largest absolute Gasteiger partial charge is 0.491 e. The van der Waals surface area contributed by atoms with E-state index in [4.69, 9.17) is 48.4 Å². The normalized spacial score (nSPS) is 11.4. The summed E-state index contributed by atoms with van der Waals surface area (Å²) >= 11 is 0. The molecule has 0 fully saturated rings. The summed E-state index contributed by atoms with van der Waals surface area (Å²) in [6.45, 7) is 11.9. The molecule has 1 rings (SSSR count). The molecular weight excluding hydrogens is 554 g/mol. The molecule has 252 valence electrons. The second kappa shape index (κ2) is 33.6. The van der Waals surface area contributed by atoms with Crippen LogP contribution in [0.3, 0.4) is 0 Å². The summed E-state index contributed by atoms with van der Waals surface area (Å²) in [5, 5.41) is 0.